The molecular weight excluding hydrogens is 336 g/mol. The minimum atomic E-state index is -0.355. The van der Waals surface area contributed by atoms with E-state index in [0.29, 0.717) is 16.5 Å². The molecule has 7 heteroatoms. The molecule has 0 bridgehead atoms. The molecule has 3 aromatic rings. The number of ether oxygens (including phenoxy) is 1. The Labute approximate surface area is 149 Å². The number of nitrogens with zero attached hydrogens (tertiary/aromatic N) is 2. The quantitative estimate of drug-likeness (QED) is 0.416. The summed E-state index contributed by atoms with van der Waals surface area (Å²) in [7, 11) is 1.37. The number of carbonyl (C=O) groups is 1. The molecule has 0 spiro atoms. The average Bonchev–Trinajstić information content (AvgIpc) is 3.06. The second-order valence-corrected chi connectivity index (χ2v) is 6.00. The van der Waals surface area contributed by atoms with E-state index in [1.165, 1.54) is 18.4 Å². The molecule has 0 unspecified atom stereocenters. The molecule has 0 aliphatic carbocycles. The molecule has 3 rings (SSSR count). The SMILES string of the molecule is COC(=O)c1cccc(-c2cccc(C=NNc3nc(N)cs3)c2)c1. The summed E-state index contributed by atoms with van der Waals surface area (Å²) in [5.74, 6) is 0.113. The number of nitrogens with one attached hydrogen (secondary N) is 1. The van der Waals surface area contributed by atoms with Crippen LogP contribution in [0.15, 0.2) is 59.0 Å². The van der Waals surface area contributed by atoms with Gasteiger partial charge in [0.15, 0.2) is 0 Å². The van der Waals surface area contributed by atoms with E-state index in [2.05, 4.69) is 15.5 Å². The summed E-state index contributed by atoms with van der Waals surface area (Å²) in [5, 5.41) is 6.54. The Morgan fingerprint density at radius 3 is 2.72 bits per heavy atom. The Bertz CT molecular complexity index is 921. The van der Waals surface area contributed by atoms with Crippen molar-refractivity contribution in [2.75, 3.05) is 18.3 Å². The molecule has 25 heavy (non-hydrogen) atoms. The van der Waals surface area contributed by atoms with Gasteiger partial charge in [0.25, 0.3) is 0 Å². The fourth-order valence-electron chi connectivity index (χ4n) is 2.24. The second kappa shape index (κ2) is 7.59. The molecule has 0 amide bonds. The molecule has 3 N–H and O–H groups in total. The summed E-state index contributed by atoms with van der Waals surface area (Å²) < 4.78 is 4.77. The fraction of sp³-hybridized carbons (Fsp3) is 0.0556. The highest BCUT2D eigenvalue weighted by Gasteiger charge is 2.07. The third kappa shape index (κ3) is 4.21. The second-order valence-electron chi connectivity index (χ2n) is 5.15. The van der Waals surface area contributed by atoms with Crippen LogP contribution in [0.4, 0.5) is 10.9 Å². The van der Waals surface area contributed by atoms with Gasteiger partial charge in [-0.05, 0) is 34.9 Å². The van der Waals surface area contributed by atoms with Gasteiger partial charge in [-0.15, -0.1) is 11.3 Å². The van der Waals surface area contributed by atoms with Crippen molar-refractivity contribution in [3.8, 4) is 11.1 Å². The zero-order valence-electron chi connectivity index (χ0n) is 13.5. The van der Waals surface area contributed by atoms with E-state index >= 15 is 0 Å². The molecule has 1 heterocycles. The third-order valence-corrected chi connectivity index (χ3v) is 4.16. The number of nitrogen functional groups attached to an aromatic ring is 1. The van der Waals surface area contributed by atoms with Gasteiger partial charge in [-0.3, -0.25) is 5.43 Å². The van der Waals surface area contributed by atoms with E-state index in [4.69, 9.17) is 10.5 Å². The van der Waals surface area contributed by atoms with Crippen LogP contribution < -0.4 is 11.2 Å². The first-order valence-corrected chi connectivity index (χ1v) is 8.32. The van der Waals surface area contributed by atoms with Crippen LogP contribution >= 0.6 is 11.3 Å². The van der Waals surface area contributed by atoms with Gasteiger partial charge in [-0.25, -0.2) is 9.78 Å². The van der Waals surface area contributed by atoms with Gasteiger partial charge in [-0.1, -0.05) is 30.3 Å². The molecule has 0 aliphatic heterocycles. The van der Waals surface area contributed by atoms with Crippen molar-refractivity contribution in [3.05, 3.63) is 65.0 Å². The van der Waals surface area contributed by atoms with Gasteiger partial charge in [0.05, 0.1) is 18.9 Å². The maximum atomic E-state index is 11.7. The molecule has 0 saturated carbocycles. The van der Waals surface area contributed by atoms with Crippen LogP contribution in [0.3, 0.4) is 0 Å². The number of anilines is 2. The topological polar surface area (TPSA) is 89.6 Å². The lowest BCUT2D eigenvalue weighted by Crippen LogP contribution is -2.00. The summed E-state index contributed by atoms with van der Waals surface area (Å²) in [6.07, 6.45) is 1.70. The monoisotopic (exact) mass is 352 g/mol. The Morgan fingerprint density at radius 1 is 1.24 bits per heavy atom. The number of hydrazone groups is 1. The van der Waals surface area contributed by atoms with Crippen molar-refractivity contribution in [2.24, 2.45) is 5.10 Å². The number of esters is 1. The molecule has 0 atom stereocenters. The lowest BCUT2D eigenvalue weighted by atomic mass is 10.0. The van der Waals surface area contributed by atoms with E-state index in [1.54, 1.807) is 23.7 Å². The minimum absolute atomic E-state index is 0.355. The first-order chi connectivity index (χ1) is 12.2. The van der Waals surface area contributed by atoms with Gasteiger partial charge in [-0.2, -0.15) is 5.10 Å². The molecule has 0 aliphatic rings. The zero-order chi connectivity index (χ0) is 17.6. The maximum absolute atomic E-state index is 11.7. The summed E-state index contributed by atoms with van der Waals surface area (Å²) in [4.78, 5) is 15.7. The predicted molar refractivity (Wildman–Crippen MR) is 101 cm³/mol. The summed E-state index contributed by atoms with van der Waals surface area (Å²) in [5.41, 5.74) is 11.7. The van der Waals surface area contributed by atoms with Crippen LogP contribution in [-0.4, -0.2) is 24.3 Å². The zero-order valence-corrected chi connectivity index (χ0v) is 14.3. The molecule has 6 nitrogen and oxygen atoms in total. The fourth-order valence-corrected chi connectivity index (χ4v) is 2.79. The van der Waals surface area contributed by atoms with Gasteiger partial charge < -0.3 is 10.5 Å². The molecule has 0 saturated heterocycles. The largest absolute Gasteiger partial charge is 0.465 e. The van der Waals surface area contributed by atoms with E-state index in [9.17, 15) is 4.79 Å². The smallest absolute Gasteiger partial charge is 0.337 e. The molecule has 1 aromatic heterocycles. The first kappa shape index (κ1) is 16.7. The van der Waals surface area contributed by atoms with Gasteiger partial charge in [0, 0.05) is 5.38 Å². The Hall–Kier alpha value is -3.19. The van der Waals surface area contributed by atoms with Crippen LogP contribution in [-0.2, 0) is 4.74 Å². The standard InChI is InChI=1S/C18H16N4O2S/c1-24-17(23)15-7-3-6-14(9-15)13-5-2-4-12(8-13)10-20-22-18-21-16(19)11-25-18/h2-11H,19H2,1H3,(H,21,22). The summed E-state index contributed by atoms with van der Waals surface area (Å²) in [6.45, 7) is 0. The normalized spacial score (nSPS) is 10.8. The van der Waals surface area contributed by atoms with Crippen molar-refractivity contribution in [1.82, 2.24) is 4.98 Å². The number of rotatable bonds is 5. The number of benzene rings is 2. The minimum Gasteiger partial charge on any atom is -0.465 e. The van der Waals surface area contributed by atoms with Gasteiger partial charge in [0.1, 0.15) is 5.82 Å². The van der Waals surface area contributed by atoms with Crippen molar-refractivity contribution in [1.29, 1.82) is 0 Å². The Balaban J connectivity index is 1.78. The highest BCUT2D eigenvalue weighted by molar-refractivity contribution is 7.14. The molecule has 0 fully saturated rings. The van der Waals surface area contributed by atoms with Crippen LogP contribution in [0, 0.1) is 0 Å². The third-order valence-electron chi connectivity index (χ3n) is 3.40. The lowest BCUT2D eigenvalue weighted by Gasteiger charge is -2.05. The van der Waals surface area contributed by atoms with Gasteiger partial charge >= 0.3 is 5.97 Å². The number of hydrogen-bond acceptors (Lipinski definition) is 7. The summed E-state index contributed by atoms with van der Waals surface area (Å²) in [6, 6.07) is 15.1. The number of aromatic nitrogens is 1. The van der Waals surface area contributed by atoms with E-state index in [0.717, 1.165) is 16.7 Å². The maximum Gasteiger partial charge on any atom is 0.337 e. The molecular formula is C18H16N4O2S. The van der Waals surface area contributed by atoms with Crippen LogP contribution in [0.1, 0.15) is 15.9 Å². The molecule has 126 valence electrons. The molecule has 0 radical (unpaired) electrons. The van der Waals surface area contributed by atoms with Crippen molar-refractivity contribution in [3.63, 3.8) is 0 Å². The van der Waals surface area contributed by atoms with Gasteiger partial charge in [0.2, 0.25) is 5.13 Å². The number of nitrogens with two attached hydrogens (primary N) is 1. The van der Waals surface area contributed by atoms with Crippen molar-refractivity contribution >= 4 is 34.5 Å². The number of carbonyl (C=O) groups excluding carboxylic acids is 1. The average molecular weight is 352 g/mol. The van der Waals surface area contributed by atoms with Crippen LogP contribution in [0.25, 0.3) is 11.1 Å². The molecule has 2 aromatic carbocycles. The van der Waals surface area contributed by atoms with E-state index in [1.807, 2.05) is 36.4 Å². The van der Waals surface area contributed by atoms with E-state index < -0.39 is 0 Å². The van der Waals surface area contributed by atoms with Crippen LogP contribution in [0.5, 0.6) is 0 Å². The number of thiazole rings is 1. The highest BCUT2D eigenvalue weighted by atomic mass is 32.1. The van der Waals surface area contributed by atoms with Crippen LogP contribution in [0.2, 0.25) is 0 Å². The Morgan fingerprint density at radius 2 is 2.00 bits per heavy atom. The van der Waals surface area contributed by atoms with E-state index in [-0.39, 0.29) is 5.97 Å². The number of hydrogen-bond donors (Lipinski definition) is 2. The predicted octanol–water partition coefficient (Wildman–Crippen LogP) is 3.62. The van der Waals surface area contributed by atoms with Crippen molar-refractivity contribution in [2.45, 2.75) is 0 Å². The Kier molecular flexibility index (Phi) is 5.06. The van der Waals surface area contributed by atoms with Crippen molar-refractivity contribution < 1.29 is 9.53 Å². The first-order valence-electron chi connectivity index (χ1n) is 7.44. The number of methoxy groups -OCH3 is 1. The lowest BCUT2D eigenvalue weighted by molar-refractivity contribution is 0.0601. The highest BCUT2D eigenvalue weighted by Crippen LogP contribution is 2.22. The summed E-state index contributed by atoms with van der Waals surface area (Å²) >= 11 is 1.39.